The van der Waals surface area contributed by atoms with Gasteiger partial charge in [-0.1, -0.05) is 18.2 Å². The van der Waals surface area contributed by atoms with Gasteiger partial charge in [-0.05, 0) is 25.0 Å². The van der Waals surface area contributed by atoms with E-state index < -0.39 is 0 Å². The first-order chi connectivity index (χ1) is 10.8. The lowest BCUT2D eigenvalue weighted by Gasteiger charge is -2.31. The van der Waals surface area contributed by atoms with E-state index in [9.17, 15) is 4.79 Å². The summed E-state index contributed by atoms with van der Waals surface area (Å²) in [5.41, 5.74) is 0.755. The number of piperidine rings is 1. The average molecular weight is 296 g/mol. The lowest BCUT2D eigenvalue weighted by molar-refractivity contribution is 0.0665. The van der Waals surface area contributed by atoms with Crippen LogP contribution in [-0.2, 0) is 0 Å². The molecule has 4 rings (SSSR count). The Hall–Kier alpha value is -2.63. The molecule has 0 bridgehead atoms. The second-order valence-electron chi connectivity index (χ2n) is 5.58. The van der Waals surface area contributed by atoms with Gasteiger partial charge in [0, 0.05) is 24.5 Å². The van der Waals surface area contributed by atoms with Crippen molar-refractivity contribution in [3.05, 3.63) is 48.7 Å². The second kappa shape index (κ2) is 5.29. The fourth-order valence-electron chi connectivity index (χ4n) is 3.01. The summed E-state index contributed by atoms with van der Waals surface area (Å²) in [6.45, 7) is 1.44. The molecule has 2 aromatic heterocycles. The number of benzene rings is 1. The van der Waals surface area contributed by atoms with Crippen LogP contribution in [0.25, 0.3) is 11.0 Å². The summed E-state index contributed by atoms with van der Waals surface area (Å²) in [5, 5.41) is 8.64. The number of likely N-dealkylation sites (tertiary alicyclic amines) is 1. The summed E-state index contributed by atoms with van der Waals surface area (Å²) in [5.74, 6) is 0.391. The maximum absolute atomic E-state index is 12.6. The molecule has 1 aromatic carbocycles. The van der Waals surface area contributed by atoms with Crippen molar-refractivity contribution in [3.63, 3.8) is 0 Å². The van der Waals surface area contributed by atoms with Gasteiger partial charge < -0.3 is 13.9 Å². The zero-order valence-electron chi connectivity index (χ0n) is 12.1. The van der Waals surface area contributed by atoms with E-state index in [0.717, 1.165) is 36.9 Å². The van der Waals surface area contributed by atoms with Gasteiger partial charge in [0.25, 0.3) is 5.91 Å². The van der Waals surface area contributed by atoms with Gasteiger partial charge in [-0.25, -0.2) is 0 Å². The van der Waals surface area contributed by atoms with Crippen molar-refractivity contribution in [2.75, 3.05) is 13.1 Å². The Bertz CT molecular complexity index is 752. The number of amides is 1. The molecule has 0 spiro atoms. The van der Waals surface area contributed by atoms with Crippen LogP contribution in [0.2, 0.25) is 0 Å². The van der Waals surface area contributed by atoms with Crippen LogP contribution in [-0.4, -0.2) is 38.7 Å². The maximum Gasteiger partial charge on any atom is 0.289 e. The highest BCUT2D eigenvalue weighted by molar-refractivity contribution is 5.96. The van der Waals surface area contributed by atoms with Crippen molar-refractivity contribution in [3.8, 4) is 0 Å². The molecule has 1 saturated heterocycles. The molecule has 3 heterocycles. The smallest absolute Gasteiger partial charge is 0.289 e. The van der Waals surface area contributed by atoms with E-state index in [0.29, 0.717) is 11.8 Å². The first-order valence-electron chi connectivity index (χ1n) is 7.43. The van der Waals surface area contributed by atoms with Crippen molar-refractivity contribution in [2.24, 2.45) is 0 Å². The molecule has 0 saturated carbocycles. The molecule has 1 amide bonds. The third-order valence-electron chi connectivity index (χ3n) is 4.25. The molecule has 6 nitrogen and oxygen atoms in total. The molecule has 0 aliphatic carbocycles. The lowest BCUT2D eigenvalue weighted by Crippen LogP contribution is -2.38. The number of aromatic nitrogens is 3. The minimum Gasteiger partial charge on any atom is -0.451 e. The maximum atomic E-state index is 12.6. The molecule has 1 aliphatic rings. The molecule has 3 aromatic rings. The highest BCUT2D eigenvalue weighted by atomic mass is 16.3. The molecular formula is C16H16N4O2. The predicted molar refractivity (Wildman–Crippen MR) is 80.4 cm³/mol. The largest absolute Gasteiger partial charge is 0.451 e. The number of carbonyl (C=O) groups excluding carboxylic acids is 1. The Morgan fingerprint density at radius 3 is 2.59 bits per heavy atom. The van der Waals surface area contributed by atoms with Crippen LogP contribution in [0.5, 0.6) is 0 Å². The minimum atomic E-state index is -0.0293. The van der Waals surface area contributed by atoms with E-state index >= 15 is 0 Å². The number of carbonyl (C=O) groups is 1. The van der Waals surface area contributed by atoms with E-state index in [1.807, 2.05) is 39.8 Å². The number of rotatable bonds is 2. The highest BCUT2D eigenvalue weighted by Crippen LogP contribution is 2.25. The van der Waals surface area contributed by atoms with E-state index in [4.69, 9.17) is 4.42 Å². The molecular weight excluding hydrogens is 280 g/mol. The summed E-state index contributed by atoms with van der Waals surface area (Å²) in [6, 6.07) is 9.87. The first kappa shape index (κ1) is 13.1. The van der Waals surface area contributed by atoms with Crippen LogP contribution in [0.3, 0.4) is 0 Å². The summed E-state index contributed by atoms with van der Waals surface area (Å²) in [4.78, 5) is 14.4. The third-order valence-corrected chi connectivity index (χ3v) is 4.25. The molecule has 1 aliphatic heterocycles. The van der Waals surface area contributed by atoms with Crippen LogP contribution in [0.1, 0.15) is 29.4 Å². The zero-order chi connectivity index (χ0) is 14.9. The molecule has 0 radical (unpaired) electrons. The Labute approximate surface area is 127 Å². The highest BCUT2D eigenvalue weighted by Gasteiger charge is 2.26. The molecule has 22 heavy (non-hydrogen) atoms. The van der Waals surface area contributed by atoms with Crippen molar-refractivity contribution < 1.29 is 9.21 Å². The fourth-order valence-corrected chi connectivity index (χ4v) is 3.01. The van der Waals surface area contributed by atoms with Gasteiger partial charge in [-0.2, -0.15) is 0 Å². The van der Waals surface area contributed by atoms with Crippen molar-refractivity contribution in [1.29, 1.82) is 0 Å². The van der Waals surface area contributed by atoms with Crippen LogP contribution in [0.4, 0.5) is 0 Å². The van der Waals surface area contributed by atoms with E-state index in [2.05, 4.69) is 10.2 Å². The zero-order valence-corrected chi connectivity index (χ0v) is 12.1. The number of fused-ring (bicyclic) bond motifs is 1. The number of furan rings is 1. The van der Waals surface area contributed by atoms with E-state index in [-0.39, 0.29) is 5.91 Å². The normalized spacial score (nSPS) is 16.3. The number of hydrogen-bond donors (Lipinski definition) is 0. The summed E-state index contributed by atoms with van der Waals surface area (Å²) < 4.78 is 7.68. The SMILES string of the molecule is O=C(c1cc2ccccc2o1)N1CCC(n2cnnc2)CC1. The molecule has 6 heteroatoms. The topological polar surface area (TPSA) is 64.2 Å². The third kappa shape index (κ3) is 2.26. The molecule has 0 unspecified atom stereocenters. The summed E-state index contributed by atoms with van der Waals surface area (Å²) >= 11 is 0. The number of para-hydroxylation sites is 1. The first-order valence-corrected chi connectivity index (χ1v) is 7.43. The average Bonchev–Trinajstić information content (AvgIpc) is 3.23. The van der Waals surface area contributed by atoms with Gasteiger partial charge >= 0.3 is 0 Å². The summed E-state index contributed by atoms with van der Waals surface area (Å²) in [6.07, 6.45) is 5.29. The summed E-state index contributed by atoms with van der Waals surface area (Å²) in [7, 11) is 0. The van der Waals surface area contributed by atoms with Gasteiger partial charge in [-0.3, -0.25) is 4.79 Å². The quantitative estimate of drug-likeness (QED) is 0.729. The molecule has 0 atom stereocenters. The van der Waals surface area contributed by atoms with Crippen LogP contribution < -0.4 is 0 Å². The van der Waals surface area contributed by atoms with Gasteiger partial charge in [0.1, 0.15) is 18.2 Å². The van der Waals surface area contributed by atoms with Crippen molar-refractivity contribution in [1.82, 2.24) is 19.7 Å². The van der Waals surface area contributed by atoms with Gasteiger partial charge in [0.15, 0.2) is 5.76 Å². The number of nitrogens with zero attached hydrogens (tertiary/aromatic N) is 4. The Morgan fingerprint density at radius 2 is 1.86 bits per heavy atom. The van der Waals surface area contributed by atoms with Gasteiger partial charge in [0.05, 0.1) is 0 Å². The van der Waals surface area contributed by atoms with Gasteiger partial charge in [0.2, 0.25) is 0 Å². The van der Waals surface area contributed by atoms with E-state index in [1.165, 1.54) is 0 Å². The Morgan fingerprint density at radius 1 is 1.14 bits per heavy atom. The van der Waals surface area contributed by atoms with Gasteiger partial charge in [-0.15, -0.1) is 10.2 Å². The predicted octanol–water partition coefficient (Wildman–Crippen LogP) is 2.50. The molecule has 1 fully saturated rings. The Balaban J connectivity index is 1.47. The minimum absolute atomic E-state index is 0.0293. The van der Waals surface area contributed by atoms with Crippen molar-refractivity contribution in [2.45, 2.75) is 18.9 Å². The molecule has 0 N–H and O–H groups in total. The fraction of sp³-hybridized carbons (Fsp3) is 0.312. The van der Waals surface area contributed by atoms with E-state index in [1.54, 1.807) is 12.7 Å². The van der Waals surface area contributed by atoms with Crippen LogP contribution in [0, 0.1) is 0 Å². The van der Waals surface area contributed by atoms with Crippen LogP contribution in [0.15, 0.2) is 47.4 Å². The Kier molecular flexibility index (Phi) is 3.14. The number of hydrogen-bond acceptors (Lipinski definition) is 4. The molecule has 112 valence electrons. The van der Waals surface area contributed by atoms with Crippen LogP contribution >= 0.6 is 0 Å². The lowest BCUT2D eigenvalue weighted by atomic mass is 10.0. The second-order valence-corrected chi connectivity index (χ2v) is 5.58. The van der Waals surface area contributed by atoms with Crippen molar-refractivity contribution >= 4 is 16.9 Å². The standard InChI is InChI=1S/C16H16N4O2/c21-16(15-9-12-3-1-2-4-14(12)22-15)19-7-5-13(6-8-19)20-10-17-18-11-20/h1-4,9-11,13H,5-8H2. The monoisotopic (exact) mass is 296 g/mol.